The molecular formula is C16H28N2O2. The third-order valence-electron chi connectivity index (χ3n) is 3.20. The molecule has 0 aliphatic rings. The predicted molar refractivity (Wildman–Crippen MR) is 84.2 cm³/mol. The van der Waals surface area contributed by atoms with Crippen molar-refractivity contribution in [3.8, 4) is 0 Å². The molecule has 0 radical (unpaired) electrons. The Hall–Kier alpha value is -1.10. The number of benzene rings is 1. The molecule has 4 nitrogen and oxygen atoms in total. The molecule has 1 rings (SSSR count). The molecule has 0 aromatic heterocycles. The third-order valence-corrected chi connectivity index (χ3v) is 3.20. The summed E-state index contributed by atoms with van der Waals surface area (Å²) in [4.78, 5) is 2.29. The van der Waals surface area contributed by atoms with Crippen LogP contribution in [0.15, 0.2) is 24.3 Å². The number of hydrogen-bond donors (Lipinski definition) is 1. The molecule has 0 saturated heterocycles. The van der Waals surface area contributed by atoms with Gasteiger partial charge in [0.15, 0.2) is 0 Å². The van der Waals surface area contributed by atoms with Gasteiger partial charge in [-0.25, -0.2) is 0 Å². The largest absolute Gasteiger partial charge is 0.380 e. The summed E-state index contributed by atoms with van der Waals surface area (Å²) in [5.41, 5.74) is 8.23. The number of hydrogen-bond acceptors (Lipinski definition) is 4. The lowest BCUT2D eigenvalue weighted by atomic mass is 10.1. The zero-order chi connectivity index (χ0) is 14.8. The van der Waals surface area contributed by atoms with Crippen LogP contribution in [-0.4, -0.2) is 39.5 Å². The highest BCUT2D eigenvalue weighted by Crippen LogP contribution is 2.18. The van der Waals surface area contributed by atoms with Crippen LogP contribution < -0.4 is 10.6 Å². The number of rotatable bonds is 10. The Morgan fingerprint density at radius 3 is 1.90 bits per heavy atom. The minimum atomic E-state index is 0.0735. The van der Waals surface area contributed by atoms with Crippen LogP contribution in [0.2, 0.25) is 0 Å². The summed E-state index contributed by atoms with van der Waals surface area (Å²) >= 11 is 0. The van der Waals surface area contributed by atoms with Gasteiger partial charge in [0.1, 0.15) is 0 Å². The zero-order valence-corrected chi connectivity index (χ0v) is 13.0. The van der Waals surface area contributed by atoms with Crippen molar-refractivity contribution in [3.05, 3.63) is 29.8 Å². The number of ether oxygens (including phenoxy) is 2. The predicted octanol–water partition coefficient (Wildman–Crippen LogP) is 2.59. The lowest BCUT2D eigenvalue weighted by Crippen LogP contribution is -2.31. The van der Waals surface area contributed by atoms with E-state index >= 15 is 0 Å². The fraction of sp³-hybridized carbons (Fsp3) is 0.625. The lowest BCUT2D eigenvalue weighted by Gasteiger charge is -2.25. The SMILES string of the molecule is CCOCCN(CCOCC)c1ccc(C(C)N)cc1. The Kier molecular flexibility index (Phi) is 8.26. The Morgan fingerprint density at radius 1 is 1.00 bits per heavy atom. The summed E-state index contributed by atoms with van der Waals surface area (Å²) < 4.78 is 10.9. The third kappa shape index (κ3) is 5.90. The molecule has 0 heterocycles. The maximum absolute atomic E-state index is 5.88. The van der Waals surface area contributed by atoms with Crippen molar-refractivity contribution in [1.29, 1.82) is 0 Å². The molecule has 0 aliphatic carbocycles. The van der Waals surface area contributed by atoms with E-state index < -0.39 is 0 Å². The van der Waals surface area contributed by atoms with Gasteiger partial charge in [-0.1, -0.05) is 12.1 Å². The minimum absolute atomic E-state index is 0.0735. The van der Waals surface area contributed by atoms with E-state index in [1.54, 1.807) is 0 Å². The average Bonchev–Trinajstić information content (AvgIpc) is 2.46. The van der Waals surface area contributed by atoms with E-state index in [2.05, 4.69) is 29.2 Å². The highest BCUT2D eigenvalue weighted by atomic mass is 16.5. The average molecular weight is 280 g/mol. The molecular weight excluding hydrogens is 252 g/mol. The molecule has 4 heteroatoms. The highest BCUT2D eigenvalue weighted by Gasteiger charge is 2.07. The molecule has 2 N–H and O–H groups in total. The van der Waals surface area contributed by atoms with Gasteiger partial charge in [-0.15, -0.1) is 0 Å². The Bertz CT molecular complexity index is 342. The summed E-state index contributed by atoms with van der Waals surface area (Å²) in [5, 5.41) is 0. The van der Waals surface area contributed by atoms with Gasteiger partial charge in [-0.2, -0.15) is 0 Å². The molecule has 1 aromatic rings. The smallest absolute Gasteiger partial charge is 0.0641 e. The fourth-order valence-corrected chi connectivity index (χ4v) is 2.00. The van der Waals surface area contributed by atoms with Crippen molar-refractivity contribution in [2.24, 2.45) is 5.73 Å². The molecule has 0 amide bonds. The molecule has 1 unspecified atom stereocenters. The standard InChI is InChI=1S/C16H28N2O2/c1-4-19-12-10-18(11-13-20-5-2)16-8-6-15(7-9-16)14(3)17/h6-9,14H,4-5,10-13,17H2,1-3H3. The first-order chi connectivity index (χ1) is 9.69. The van der Waals surface area contributed by atoms with Crippen LogP contribution >= 0.6 is 0 Å². The van der Waals surface area contributed by atoms with Crippen molar-refractivity contribution in [3.63, 3.8) is 0 Å². The summed E-state index contributed by atoms with van der Waals surface area (Å²) in [6.45, 7) is 10.7. The van der Waals surface area contributed by atoms with Crippen LogP contribution in [0.4, 0.5) is 5.69 Å². The number of nitrogens with zero attached hydrogens (tertiary/aromatic N) is 1. The quantitative estimate of drug-likeness (QED) is 0.669. The fourth-order valence-electron chi connectivity index (χ4n) is 2.00. The molecule has 20 heavy (non-hydrogen) atoms. The van der Waals surface area contributed by atoms with E-state index in [0.717, 1.165) is 45.1 Å². The molecule has 1 atom stereocenters. The molecule has 0 aliphatic heterocycles. The van der Waals surface area contributed by atoms with Gasteiger partial charge >= 0.3 is 0 Å². The van der Waals surface area contributed by atoms with Crippen LogP contribution in [0.3, 0.4) is 0 Å². The first kappa shape index (κ1) is 17.0. The van der Waals surface area contributed by atoms with Crippen molar-refractivity contribution < 1.29 is 9.47 Å². The second-order valence-electron chi connectivity index (χ2n) is 4.76. The monoisotopic (exact) mass is 280 g/mol. The topological polar surface area (TPSA) is 47.7 Å². The maximum atomic E-state index is 5.88. The molecule has 114 valence electrons. The summed E-state index contributed by atoms with van der Waals surface area (Å²) in [5.74, 6) is 0. The molecule has 0 saturated carbocycles. The van der Waals surface area contributed by atoms with Crippen molar-refractivity contribution in [2.45, 2.75) is 26.8 Å². The second-order valence-corrected chi connectivity index (χ2v) is 4.76. The van der Waals surface area contributed by atoms with Gasteiger partial charge in [0.2, 0.25) is 0 Å². The van der Waals surface area contributed by atoms with Gasteiger partial charge in [0.25, 0.3) is 0 Å². The maximum Gasteiger partial charge on any atom is 0.0641 e. The van der Waals surface area contributed by atoms with E-state index in [9.17, 15) is 0 Å². The van der Waals surface area contributed by atoms with E-state index in [1.165, 1.54) is 5.69 Å². The van der Waals surface area contributed by atoms with E-state index in [0.29, 0.717) is 0 Å². The lowest BCUT2D eigenvalue weighted by molar-refractivity contribution is 0.141. The summed E-state index contributed by atoms with van der Waals surface area (Å²) in [7, 11) is 0. The van der Waals surface area contributed by atoms with Crippen molar-refractivity contribution in [1.82, 2.24) is 0 Å². The normalized spacial score (nSPS) is 12.4. The molecule has 0 fully saturated rings. The van der Waals surface area contributed by atoms with Crippen LogP contribution in [0, 0.1) is 0 Å². The van der Waals surface area contributed by atoms with Crippen LogP contribution in [0.1, 0.15) is 32.4 Å². The number of anilines is 1. The van der Waals surface area contributed by atoms with E-state index in [-0.39, 0.29) is 6.04 Å². The van der Waals surface area contributed by atoms with Gasteiger partial charge < -0.3 is 20.1 Å². The molecule has 1 aromatic carbocycles. The summed E-state index contributed by atoms with van der Waals surface area (Å²) in [6, 6.07) is 8.50. The van der Waals surface area contributed by atoms with Crippen LogP contribution in [0.25, 0.3) is 0 Å². The van der Waals surface area contributed by atoms with Gasteiger partial charge in [-0.05, 0) is 38.5 Å². The minimum Gasteiger partial charge on any atom is -0.380 e. The first-order valence-electron chi connectivity index (χ1n) is 7.45. The van der Waals surface area contributed by atoms with Gasteiger partial charge in [0.05, 0.1) is 13.2 Å². The Balaban J connectivity index is 2.64. The van der Waals surface area contributed by atoms with Gasteiger partial charge in [0, 0.05) is 38.0 Å². The zero-order valence-electron chi connectivity index (χ0n) is 13.0. The van der Waals surface area contributed by atoms with Crippen molar-refractivity contribution >= 4 is 5.69 Å². The molecule has 0 spiro atoms. The second kappa shape index (κ2) is 9.75. The number of nitrogens with two attached hydrogens (primary N) is 1. The Morgan fingerprint density at radius 2 is 1.50 bits per heavy atom. The first-order valence-corrected chi connectivity index (χ1v) is 7.45. The van der Waals surface area contributed by atoms with E-state index in [1.807, 2.05) is 20.8 Å². The van der Waals surface area contributed by atoms with Gasteiger partial charge in [-0.3, -0.25) is 0 Å². The molecule has 0 bridgehead atoms. The van der Waals surface area contributed by atoms with Crippen LogP contribution in [0.5, 0.6) is 0 Å². The van der Waals surface area contributed by atoms with E-state index in [4.69, 9.17) is 15.2 Å². The highest BCUT2D eigenvalue weighted by molar-refractivity contribution is 5.48. The van der Waals surface area contributed by atoms with Crippen molar-refractivity contribution in [2.75, 3.05) is 44.4 Å². The summed E-state index contributed by atoms with van der Waals surface area (Å²) in [6.07, 6.45) is 0. The van der Waals surface area contributed by atoms with Crippen LogP contribution in [-0.2, 0) is 9.47 Å². The Labute approximate surface area is 122 Å².